The lowest BCUT2D eigenvalue weighted by atomic mass is 10.1. The Bertz CT molecular complexity index is 1140. The third kappa shape index (κ3) is 4.27. The molecular weight excluding hydrogens is 365 g/mol. The smallest absolute Gasteiger partial charge is 0.173 e. The van der Waals surface area contributed by atoms with Gasteiger partial charge in [0.15, 0.2) is 11.6 Å². The molecule has 0 aromatic carbocycles. The number of hydrogen-bond acceptors (Lipinski definition) is 5. The fourth-order valence-electron chi connectivity index (χ4n) is 3.08. The van der Waals surface area contributed by atoms with Gasteiger partial charge in [0.1, 0.15) is 0 Å². The molecule has 5 nitrogen and oxygen atoms in total. The van der Waals surface area contributed by atoms with Crippen LogP contribution in [-0.2, 0) is 6.54 Å². The van der Waals surface area contributed by atoms with Crippen LogP contribution in [0, 0.1) is 19.7 Å². The van der Waals surface area contributed by atoms with Crippen LogP contribution in [0.15, 0.2) is 67.4 Å². The van der Waals surface area contributed by atoms with Crippen molar-refractivity contribution in [3.63, 3.8) is 0 Å². The van der Waals surface area contributed by atoms with Gasteiger partial charge in [-0.3, -0.25) is 15.0 Å². The number of aromatic nitrogens is 4. The van der Waals surface area contributed by atoms with Crippen molar-refractivity contribution in [1.82, 2.24) is 19.9 Å². The van der Waals surface area contributed by atoms with E-state index in [0.29, 0.717) is 12.1 Å². The summed E-state index contributed by atoms with van der Waals surface area (Å²) in [7, 11) is 0. The zero-order chi connectivity index (χ0) is 20.2. The average molecular weight is 385 g/mol. The number of aryl methyl sites for hydroxylation is 2. The summed E-state index contributed by atoms with van der Waals surface area (Å²) in [4.78, 5) is 17.0. The molecule has 4 aromatic heterocycles. The highest BCUT2D eigenvalue weighted by atomic mass is 19.1. The molecule has 0 aliphatic heterocycles. The summed E-state index contributed by atoms with van der Waals surface area (Å²) >= 11 is 0. The predicted molar refractivity (Wildman–Crippen MR) is 112 cm³/mol. The molecule has 4 rings (SSSR count). The fraction of sp³-hybridized carbons (Fsp3) is 0.130. The van der Waals surface area contributed by atoms with E-state index < -0.39 is 5.82 Å². The Kier molecular flexibility index (Phi) is 5.24. The van der Waals surface area contributed by atoms with E-state index in [1.165, 1.54) is 0 Å². The highest BCUT2D eigenvalue weighted by molar-refractivity contribution is 5.67. The van der Waals surface area contributed by atoms with Gasteiger partial charge in [-0.15, -0.1) is 0 Å². The second-order valence-electron chi connectivity index (χ2n) is 6.86. The maximum atomic E-state index is 14.9. The zero-order valence-corrected chi connectivity index (χ0v) is 16.2. The van der Waals surface area contributed by atoms with Crippen LogP contribution in [0.25, 0.3) is 22.4 Å². The molecular formula is C23H20FN5. The minimum Gasteiger partial charge on any atom is -0.363 e. The molecule has 0 radical (unpaired) electrons. The van der Waals surface area contributed by atoms with Crippen molar-refractivity contribution in [2.75, 3.05) is 5.32 Å². The first-order valence-electron chi connectivity index (χ1n) is 9.28. The summed E-state index contributed by atoms with van der Waals surface area (Å²) in [6.45, 7) is 4.30. The highest BCUT2D eigenvalue weighted by Gasteiger charge is 2.12. The van der Waals surface area contributed by atoms with Crippen LogP contribution in [-0.4, -0.2) is 19.9 Å². The maximum Gasteiger partial charge on any atom is 0.173 e. The fourth-order valence-corrected chi connectivity index (χ4v) is 3.08. The van der Waals surface area contributed by atoms with Crippen LogP contribution in [0.1, 0.15) is 16.8 Å². The van der Waals surface area contributed by atoms with E-state index in [0.717, 1.165) is 33.6 Å². The lowest BCUT2D eigenvalue weighted by Crippen LogP contribution is -2.05. The Morgan fingerprint density at radius 1 is 0.862 bits per heavy atom. The monoisotopic (exact) mass is 385 g/mol. The summed E-state index contributed by atoms with van der Waals surface area (Å²) in [6, 6.07) is 11.4. The van der Waals surface area contributed by atoms with E-state index in [2.05, 4.69) is 25.3 Å². The predicted octanol–water partition coefficient (Wildman–Crippen LogP) is 4.97. The second-order valence-corrected chi connectivity index (χ2v) is 6.86. The summed E-state index contributed by atoms with van der Waals surface area (Å²) in [5, 5.41) is 3.07. The summed E-state index contributed by atoms with van der Waals surface area (Å²) in [5.41, 5.74) is 5.95. The Hall–Kier alpha value is -3.67. The number of nitrogens with zero attached hydrogens (tertiary/aromatic N) is 4. The second kappa shape index (κ2) is 8.14. The quantitative estimate of drug-likeness (QED) is 0.526. The van der Waals surface area contributed by atoms with E-state index in [1.807, 2.05) is 44.2 Å². The van der Waals surface area contributed by atoms with E-state index >= 15 is 0 Å². The molecule has 0 aliphatic rings. The molecule has 144 valence electrons. The van der Waals surface area contributed by atoms with Crippen molar-refractivity contribution in [3.8, 4) is 22.4 Å². The molecule has 0 unspecified atom stereocenters. The van der Waals surface area contributed by atoms with Crippen LogP contribution < -0.4 is 5.32 Å². The molecule has 0 saturated heterocycles. The first-order valence-corrected chi connectivity index (χ1v) is 9.28. The molecule has 29 heavy (non-hydrogen) atoms. The van der Waals surface area contributed by atoms with Gasteiger partial charge in [0.05, 0.1) is 5.69 Å². The minimum absolute atomic E-state index is 0.206. The number of pyridine rings is 4. The first-order chi connectivity index (χ1) is 14.1. The highest BCUT2D eigenvalue weighted by Crippen LogP contribution is 2.26. The van der Waals surface area contributed by atoms with Crippen molar-refractivity contribution in [2.24, 2.45) is 0 Å². The van der Waals surface area contributed by atoms with Gasteiger partial charge < -0.3 is 5.32 Å². The lowest BCUT2D eigenvalue weighted by Gasteiger charge is -2.10. The number of rotatable bonds is 5. The molecule has 0 fully saturated rings. The third-order valence-corrected chi connectivity index (χ3v) is 4.55. The molecule has 0 spiro atoms. The Morgan fingerprint density at radius 3 is 2.48 bits per heavy atom. The van der Waals surface area contributed by atoms with Crippen LogP contribution in [0.4, 0.5) is 10.2 Å². The molecule has 0 bridgehead atoms. The Balaban J connectivity index is 1.50. The van der Waals surface area contributed by atoms with Crippen molar-refractivity contribution < 1.29 is 4.39 Å². The molecule has 0 amide bonds. The molecule has 0 saturated carbocycles. The van der Waals surface area contributed by atoms with Gasteiger partial charge in [-0.1, -0.05) is 6.07 Å². The van der Waals surface area contributed by atoms with E-state index in [9.17, 15) is 4.39 Å². The van der Waals surface area contributed by atoms with Crippen LogP contribution >= 0.6 is 0 Å². The molecule has 4 aromatic rings. The van der Waals surface area contributed by atoms with Crippen molar-refractivity contribution in [2.45, 2.75) is 20.4 Å². The van der Waals surface area contributed by atoms with Crippen LogP contribution in [0.5, 0.6) is 0 Å². The van der Waals surface area contributed by atoms with Gasteiger partial charge in [0, 0.05) is 59.9 Å². The van der Waals surface area contributed by atoms with Crippen LogP contribution in [0.3, 0.4) is 0 Å². The number of hydrogen-bond donors (Lipinski definition) is 1. The van der Waals surface area contributed by atoms with E-state index in [4.69, 9.17) is 0 Å². The van der Waals surface area contributed by atoms with Gasteiger partial charge in [-0.2, -0.15) is 0 Å². The van der Waals surface area contributed by atoms with E-state index in [-0.39, 0.29) is 5.82 Å². The summed E-state index contributed by atoms with van der Waals surface area (Å²) in [6.07, 6.45) is 8.54. The van der Waals surface area contributed by atoms with Gasteiger partial charge >= 0.3 is 0 Å². The zero-order valence-electron chi connectivity index (χ0n) is 16.2. The molecule has 4 heterocycles. The van der Waals surface area contributed by atoms with Crippen LogP contribution in [0.2, 0.25) is 0 Å². The molecule has 1 N–H and O–H groups in total. The van der Waals surface area contributed by atoms with Gasteiger partial charge in [0.25, 0.3) is 0 Å². The Labute approximate surface area is 168 Å². The molecule has 6 heteroatoms. The Morgan fingerprint density at radius 2 is 1.72 bits per heavy atom. The number of anilines is 1. The van der Waals surface area contributed by atoms with Crippen molar-refractivity contribution >= 4 is 5.82 Å². The average Bonchev–Trinajstić information content (AvgIpc) is 2.73. The maximum absolute atomic E-state index is 14.9. The summed E-state index contributed by atoms with van der Waals surface area (Å²) < 4.78 is 14.9. The number of nitrogens with one attached hydrogen (secondary N) is 1. The van der Waals surface area contributed by atoms with Crippen molar-refractivity contribution in [1.29, 1.82) is 0 Å². The van der Waals surface area contributed by atoms with Gasteiger partial charge in [-0.25, -0.2) is 9.37 Å². The van der Waals surface area contributed by atoms with Crippen molar-refractivity contribution in [3.05, 3.63) is 90.0 Å². The normalized spacial score (nSPS) is 10.7. The lowest BCUT2D eigenvalue weighted by molar-refractivity contribution is 0.627. The van der Waals surface area contributed by atoms with Gasteiger partial charge in [-0.05, 0) is 55.3 Å². The molecule has 0 atom stereocenters. The number of halogens is 1. The first kappa shape index (κ1) is 18.7. The standard InChI is InChI=1S/C23H20FN5/c1-15-9-19(14-25-11-15)20-6-8-27-23(22(20)24)29-13-17-3-4-21(28-12-17)18-5-7-26-16(2)10-18/h3-12,14H,13H2,1-2H3,(H,27,29). The largest absolute Gasteiger partial charge is 0.363 e. The van der Waals surface area contributed by atoms with E-state index in [1.54, 1.807) is 37.1 Å². The third-order valence-electron chi connectivity index (χ3n) is 4.55. The molecule has 0 aliphatic carbocycles. The van der Waals surface area contributed by atoms with Gasteiger partial charge in [0.2, 0.25) is 0 Å². The minimum atomic E-state index is -0.392. The topological polar surface area (TPSA) is 63.6 Å². The summed E-state index contributed by atoms with van der Waals surface area (Å²) in [5.74, 6) is -0.186. The SMILES string of the molecule is Cc1cncc(-c2ccnc(NCc3ccc(-c4ccnc(C)c4)nc3)c2F)c1.